The Morgan fingerprint density at radius 2 is 2.08 bits per heavy atom. The predicted octanol–water partition coefficient (Wildman–Crippen LogP) is 0.358. The first-order chi connectivity index (χ1) is 11.6. The minimum Gasteiger partial charge on any atom is -0.497 e. The van der Waals surface area contributed by atoms with Gasteiger partial charge in [0.05, 0.1) is 13.7 Å². The average molecular weight is 329 g/mol. The van der Waals surface area contributed by atoms with Gasteiger partial charge in [-0.2, -0.15) is 5.26 Å². The van der Waals surface area contributed by atoms with Crippen LogP contribution in [0, 0.1) is 11.3 Å². The molecule has 0 spiro atoms. The SMILES string of the molecule is COc1ccc(/C=C(\C#N)C(=O)N[C@@H](CO)C(=O)NC2CC2)cc1. The molecule has 24 heavy (non-hydrogen) atoms. The topological polar surface area (TPSA) is 111 Å². The molecule has 1 fully saturated rings. The molecular formula is C17H19N3O4. The zero-order valence-corrected chi connectivity index (χ0v) is 13.3. The van der Waals surface area contributed by atoms with Gasteiger partial charge in [-0.25, -0.2) is 0 Å². The summed E-state index contributed by atoms with van der Waals surface area (Å²) in [6.45, 7) is -0.536. The standard InChI is InChI=1S/C17H19N3O4/c1-24-14-6-2-11(3-7-14)8-12(9-18)16(22)20-15(10-21)17(23)19-13-4-5-13/h2-3,6-8,13,15,21H,4-5,10H2,1H3,(H,19,23)(H,20,22)/b12-8+/t15-/m0/s1. The molecule has 0 saturated heterocycles. The van der Waals surface area contributed by atoms with Crippen LogP contribution in [-0.4, -0.2) is 42.7 Å². The smallest absolute Gasteiger partial charge is 0.262 e. The molecule has 3 N–H and O–H groups in total. The first-order valence-electron chi connectivity index (χ1n) is 7.55. The molecule has 1 aliphatic carbocycles. The fourth-order valence-electron chi connectivity index (χ4n) is 1.97. The number of hydrogen-bond acceptors (Lipinski definition) is 5. The summed E-state index contributed by atoms with van der Waals surface area (Å²) in [5, 5.41) is 23.5. The summed E-state index contributed by atoms with van der Waals surface area (Å²) in [6, 6.07) is 7.66. The number of aliphatic hydroxyl groups excluding tert-OH is 1. The van der Waals surface area contributed by atoms with Crippen LogP contribution in [0.4, 0.5) is 0 Å². The zero-order chi connectivity index (χ0) is 17.5. The van der Waals surface area contributed by atoms with Crippen LogP contribution in [0.1, 0.15) is 18.4 Å². The Balaban J connectivity index is 2.04. The molecule has 0 unspecified atom stereocenters. The van der Waals surface area contributed by atoms with Gasteiger partial charge in [-0.05, 0) is 36.6 Å². The van der Waals surface area contributed by atoms with Gasteiger partial charge in [-0.15, -0.1) is 0 Å². The molecule has 0 aromatic heterocycles. The fraction of sp³-hybridized carbons (Fsp3) is 0.353. The second-order valence-electron chi connectivity index (χ2n) is 5.43. The Labute approximate surface area is 139 Å². The molecule has 126 valence electrons. The number of carbonyl (C=O) groups is 2. The summed E-state index contributed by atoms with van der Waals surface area (Å²) in [5.41, 5.74) is 0.489. The van der Waals surface area contributed by atoms with Gasteiger partial charge in [-0.1, -0.05) is 12.1 Å². The molecule has 1 atom stereocenters. The van der Waals surface area contributed by atoms with Crippen molar-refractivity contribution in [3.8, 4) is 11.8 Å². The molecule has 0 radical (unpaired) electrons. The number of rotatable bonds is 7. The number of hydrogen-bond donors (Lipinski definition) is 3. The first kappa shape index (κ1) is 17.5. The van der Waals surface area contributed by atoms with Crippen LogP contribution in [0.15, 0.2) is 29.8 Å². The van der Waals surface area contributed by atoms with E-state index in [0.29, 0.717) is 11.3 Å². The predicted molar refractivity (Wildman–Crippen MR) is 86.8 cm³/mol. The summed E-state index contributed by atoms with van der Waals surface area (Å²) in [7, 11) is 1.54. The molecule has 0 bridgehead atoms. The van der Waals surface area contributed by atoms with Crippen LogP contribution in [-0.2, 0) is 9.59 Å². The molecule has 7 heteroatoms. The lowest BCUT2D eigenvalue weighted by molar-refractivity contribution is -0.128. The minimum absolute atomic E-state index is 0.119. The van der Waals surface area contributed by atoms with Gasteiger partial charge in [-0.3, -0.25) is 9.59 Å². The monoisotopic (exact) mass is 329 g/mol. The van der Waals surface area contributed by atoms with Crippen LogP contribution < -0.4 is 15.4 Å². The van der Waals surface area contributed by atoms with Crippen molar-refractivity contribution in [2.45, 2.75) is 24.9 Å². The van der Waals surface area contributed by atoms with Gasteiger partial charge in [0.25, 0.3) is 5.91 Å². The Hall–Kier alpha value is -2.85. The van der Waals surface area contributed by atoms with Gasteiger partial charge in [0, 0.05) is 6.04 Å². The van der Waals surface area contributed by atoms with Crippen molar-refractivity contribution in [2.24, 2.45) is 0 Å². The zero-order valence-electron chi connectivity index (χ0n) is 13.3. The third-order valence-electron chi connectivity index (χ3n) is 3.52. The number of ether oxygens (including phenoxy) is 1. The van der Waals surface area contributed by atoms with Crippen LogP contribution in [0.3, 0.4) is 0 Å². The van der Waals surface area contributed by atoms with Crippen molar-refractivity contribution >= 4 is 17.9 Å². The van der Waals surface area contributed by atoms with E-state index in [9.17, 15) is 20.0 Å². The van der Waals surface area contributed by atoms with Gasteiger partial charge in [0.15, 0.2) is 0 Å². The number of nitriles is 1. The summed E-state index contributed by atoms with van der Waals surface area (Å²) >= 11 is 0. The van der Waals surface area contributed by atoms with E-state index in [-0.39, 0.29) is 11.6 Å². The Morgan fingerprint density at radius 1 is 1.42 bits per heavy atom. The Kier molecular flexibility index (Phi) is 5.93. The molecule has 2 rings (SSSR count). The molecule has 1 saturated carbocycles. The number of nitrogens with one attached hydrogen (secondary N) is 2. The Morgan fingerprint density at radius 3 is 2.58 bits per heavy atom. The third-order valence-corrected chi connectivity index (χ3v) is 3.52. The highest BCUT2D eigenvalue weighted by Crippen LogP contribution is 2.18. The number of methoxy groups -OCH3 is 1. The maximum Gasteiger partial charge on any atom is 0.262 e. The number of aliphatic hydroxyl groups is 1. The van der Waals surface area contributed by atoms with Gasteiger partial charge < -0.3 is 20.5 Å². The van der Waals surface area contributed by atoms with Gasteiger partial charge >= 0.3 is 0 Å². The summed E-state index contributed by atoms with van der Waals surface area (Å²) in [4.78, 5) is 24.1. The van der Waals surface area contributed by atoms with E-state index >= 15 is 0 Å². The van der Waals surface area contributed by atoms with Crippen LogP contribution >= 0.6 is 0 Å². The second-order valence-corrected chi connectivity index (χ2v) is 5.43. The lowest BCUT2D eigenvalue weighted by Gasteiger charge is -2.15. The largest absolute Gasteiger partial charge is 0.497 e. The van der Waals surface area contributed by atoms with E-state index in [1.807, 2.05) is 0 Å². The maximum atomic E-state index is 12.2. The highest BCUT2D eigenvalue weighted by Gasteiger charge is 2.28. The quantitative estimate of drug-likeness (QED) is 0.494. The van der Waals surface area contributed by atoms with E-state index in [1.165, 1.54) is 6.08 Å². The van der Waals surface area contributed by atoms with Crippen molar-refractivity contribution in [1.29, 1.82) is 5.26 Å². The molecular weight excluding hydrogens is 310 g/mol. The van der Waals surface area contributed by atoms with E-state index in [0.717, 1.165) is 12.8 Å². The fourth-order valence-corrected chi connectivity index (χ4v) is 1.97. The Bertz CT molecular complexity index is 672. The molecule has 2 amide bonds. The number of carbonyl (C=O) groups excluding carboxylic acids is 2. The van der Waals surface area contributed by atoms with E-state index in [1.54, 1.807) is 37.4 Å². The van der Waals surface area contributed by atoms with Crippen LogP contribution in [0.2, 0.25) is 0 Å². The molecule has 7 nitrogen and oxygen atoms in total. The lowest BCUT2D eigenvalue weighted by atomic mass is 10.1. The highest BCUT2D eigenvalue weighted by molar-refractivity contribution is 6.03. The summed E-state index contributed by atoms with van der Waals surface area (Å²) < 4.78 is 5.04. The van der Waals surface area contributed by atoms with Crippen molar-refractivity contribution in [1.82, 2.24) is 10.6 Å². The maximum absolute atomic E-state index is 12.2. The van der Waals surface area contributed by atoms with Gasteiger partial charge in [0.1, 0.15) is 23.4 Å². The highest BCUT2D eigenvalue weighted by atomic mass is 16.5. The molecule has 1 aliphatic rings. The normalized spacial score (nSPS) is 15.1. The third kappa shape index (κ3) is 4.83. The summed E-state index contributed by atoms with van der Waals surface area (Å²) in [6.07, 6.45) is 3.21. The van der Waals surface area contributed by atoms with Gasteiger partial charge in [0.2, 0.25) is 5.91 Å². The number of benzene rings is 1. The lowest BCUT2D eigenvalue weighted by Crippen LogP contribution is -2.49. The number of nitrogens with zero attached hydrogens (tertiary/aromatic N) is 1. The van der Waals surface area contributed by atoms with Crippen molar-refractivity contribution in [3.63, 3.8) is 0 Å². The van der Waals surface area contributed by atoms with Crippen LogP contribution in [0.25, 0.3) is 6.08 Å². The molecule has 1 aromatic carbocycles. The van der Waals surface area contributed by atoms with Crippen molar-refractivity contribution in [2.75, 3.05) is 13.7 Å². The van der Waals surface area contributed by atoms with E-state index in [2.05, 4.69) is 10.6 Å². The molecule has 0 heterocycles. The first-order valence-corrected chi connectivity index (χ1v) is 7.55. The molecule has 1 aromatic rings. The number of amides is 2. The van der Waals surface area contributed by atoms with Crippen molar-refractivity contribution < 1.29 is 19.4 Å². The van der Waals surface area contributed by atoms with Crippen LogP contribution in [0.5, 0.6) is 5.75 Å². The van der Waals surface area contributed by atoms with E-state index in [4.69, 9.17) is 4.74 Å². The summed E-state index contributed by atoms with van der Waals surface area (Å²) in [5.74, 6) is -0.499. The molecule has 0 aliphatic heterocycles. The van der Waals surface area contributed by atoms with Crippen molar-refractivity contribution in [3.05, 3.63) is 35.4 Å². The average Bonchev–Trinajstić information content (AvgIpc) is 3.41. The van der Waals surface area contributed by atoms with E-state index < -0.39 is 24.5 Å². The second kappa shape index (κ2) is 8.13. The minimum atomic E-state index is -1.08.